The minimum absolute atomic E-state index is 0.000280. The molecule has 1 heterocycles. The maximum Gasteiger partial charge on any atom is 0.264 e. The number of aryl methyl sites for hydroxylation is 1. The van der Waals surface area contributed by atoms with Crippen LogP contribution < -0.4 is 9.04 Å². The van der Waals surface area contributed by atoms with Crippen LogP contribution in [0.15, 0.2) is 53.4 Å². The Kier molecular flexibility index (Phi) is 4.55. The monoisotopic (exact) mass is 349 g/mol. The van der Waals surface area contributed by atoms with Crippen molar-refractivity contribution in [1.82, 2.24) is 0 Å². The highest BCUT2D eigenvalue weighted by Crippen LogP contribution is 2.34. The second-order valence-electron chi connectivity index (χ2n) is 5.50. The van der Waals surface area contributed by atoms with Crippen LogP contribution >= 0.6 is 11.8 Å². The molecule has 0 atom stereocenters. The predicted molar refractivity (Wildman–Crippen MR) is 95.0 cm³/mol. The molecular formula is C17H19NO3S2. The summed E-state index contributed by atoms with van der Waals surface area (Å²) in [6.45, 7) is 1.94. The summed E-state index contributed by atoms with van der Waals surface area (Å²) in [4.78, 5) is 0.329. The lowest BCUT2D eigenvalue weighted by atomic mass is 10.2. The fraction of sp³-hybridized carbons (Fsp3) is 0.294. The lowest BCUT2D eigenvalue weighted by Crippen LogP contribution is -2.48. The summed E-state index contributed by atoms with van der Waals surface area (Å²) < 4.78 is 32.9. The molecule has 0 saturated carbocycles. The van der Waals surface area contributed by atoms with Crippen molar-refractivity contribution in [2.45, 2.75) is 17.9 Å². The molecule has 0 bridgehead atoms. The van der Waals surface area contributed by atoms with Crippen molar-refractivity contribution in [3.8, 4) is 5.75 Å². The molecule has 1 aliphatic heterocycles. The van der Waals surface area contributed by atoms with E-state index < -0.39 is 10.0 Å². The van der Waals surface area contributed by atoms with Crippen LogP contribution in [0.25, 0.3) is 0 Å². The van der Waals surface area contributed by atoms with Crippen molar-refractivity contribution < 1.29 is 13.2 Å². The van der Waals surface area contributed by atoms with Gasteiger partial charge < -0.3 is 4.74 Å². The Balaban J connectivity index is 2.02. The standard InChI is InChI=1S/C17H19NO3S2/c1-13-3-9-17(10-4-13)23(19,20)18(15-11-22-12-15)14-5-7-16(21-2)8-6-14/h3-10,15H,11-12H2,1-2H3. The summed E-state index contributed by atoms with van der Waals surface area (Å²) in [5, 5.41) is 0. The predicted octanol–water partition coefficient (Wildman–Crippen LogP) is 3.31. The molecular weight excluding hydrogens is 330 g/mol. The van der Waals surface area contributed by atoms with E-state index in [0.29, 0.717) is 16.3 Å². The Morgan fingerprint density at radius 3 is 2.13 bits per heavy atom. The Hall–Kier alpha value is -1.66. The first-order valence-corrected chi connectivity index (χ1v) is 9.95. The van der Waals surface area contributed by atoms with E-state index in [-0.39, 0.29) is 6.04 Å². The molecule has 0 unspecified atom stereocenters. The minimum atomic E-state index is -3.57. The number of ether oxygens (including phenoxy) is 1. The van der Waals surface area contributed by atoms with Gasteiger partial charge in [-0.1, -0.05) is 17.7 Å². The van der Waals surface area contributed by atoms with Gasteiger partial charge in [0.1, 0.15) is 5.75 Å². The van der Waals surface area contributed by atoms with Gasteiger partial charge in [-0.15, -0.1) is 0 Å². The van der Waals surface area contributed by atoms with Crippen LogP contribution in [0.5, 0.6) is 5.75 Å². The van der Waals surface area contributed by atoms with Crippen molar-refractivity contribution in [1.29, 1.82) is 0 Å². The number of hydrogen-bond acceptors (Lipinski definition) is 4. The molecule has 1 saturated heterocycles. The summed E-state index contributed by atoms with van der Waals surface area (Å²) in [5.74, 6) is 2.35. The fourth-order valence-corrected chi connectivity index (χ4v) is 5.04. The SMILES string of the molecule is COc1ccc(N(C2CSC2)S(=O)(=O)c2ccc(C)cc2)cc1. The van der Waals surface area contributed by atoms with Crippen molar-refractivity contribution in [2.75, 3.05) is 22.9 Å². The largest absolute Gasteiger partial charge is 0.497 e. The van der Waals surface area contributed by atoms with Crippen LogP contribution in [0.2, 0.25) is 0 Å². The smallest absolute Gasteiger partial charge is 0.264 e. The van der Waals surface area contributed by atoms with Crippen molar-refractivity contribution in [2.24, 2.45) is 0 Å². The molecule has 0 aromatic heterocycles. The van der Waals surface area contributed by atoms with Gasteiger partial charge in [0.05, 0.1) is 23.7 Å². The molecule has 1 fully saturated rings. The van der Waals surface area contributed by atoms with E-state index in [4.69, 9.17) is 4.74 Å². The first-order valence-electron chi connectivity index (χ1n) is 7.35. The van der Waals surface area contributed by atoms with E-state index in [2.05, 4.69) is 0 Å². The highest BCUT2D eigenvalue weighted by molar-refractivity contribution is 8.01. The molecule has 6 heteroatoms. The Morgan fingerprint density at radius 2 is 1.65 bits per heavy atom. The lowest BCUT2D eigenvalue weighted by molar-refractivity contribution is 0.415. The van der Waals surface area contributed by atoms with E-state index in [0.717, 1.165) is 17.1 Å². The number of methoxy groups -OCH3 is 1. The zero-order valence-corrected chi connectivity index (χ0v) is 14.7. The van der Waals surface area contributed by atoms with E-state index in [1.165, 1.54) is 0 Å². The van der Waals surface area contributed by atoms with Gasteiger partial charge in [0.25, 0.3) is 10.0 Å². The second kappa shape index (κ2) is 6.45. The molecule has 23 heavy (non-hydrogen) atoms. The van der Waals surface area contributed by atoms with Gasteiger partial charge in [-0.3, -0.25) is 4.31 Å². The molecule has 1 aliphatic rings. The Labute approximate surface area is 141 Å². The second-order valence-corrected chi connectivity index (χ2v) is 8.39. The quantitative estimate of drug-likeness (QED) is 0.831. The van der Waals surface area contributed by atoms with Crippen LogP contribution in [0, 0.1) is 6.92 Å². The third kappa shape index (κ3) is 3.19. The molecule has 122 valence electrons. The van der Waals surface area contributed by atoms with Gasteiger partial charge in [-0.25, -0.2) is 8.42 Å². The number of benzene rings is 2. The highest BCUT2D eigenvalue weighted by atomic mass is 32.2. The van der Waals surface area contributed by atoms with E-state index >= 15 is 0 Å². The molecule has 2 aromatic carbocycles. The topological polar surface area (TPSA) is 46.6 Å². The first-order chi connectivity index (χ1) is 11.0. The number of nitrogens with zero attached hydrogens (tertiary/aromatic N) is 1. The Morgan fingerprint density at radius 1 is 1.04 bits per heavy atom. The molecule has 0 aliphatic carbocycles. The fourth-order valence-electron chi connectivity index (χ4n) is 2.46. The maximum absolute atomic E-state index is 13.1. The molecule has 0 amide bonds. The van der Waals surface area contributed by atoms with Crippen LogP contribution in [0.3, 0.4) is 0 Å². The maximum atomic E-state index is 13.1. The number of thioether (sulfide) groups is 1. The minimum Gasteiger partial charge on any atom is -0.497 e. The molecule has 0 spiro atoms. The summed E-state index contributed by atoms with van der Waals surface area (Å²) in [6, 6.07) is 14.2. The normalized spacial score (nSPS) is 15.0. The van der Waals surface area contributed by atoms with Crippen LogP contribution in [0.1, 0.15) is 5.56 Å². The van der Waals surface area contributed by atoms with Crippen LogP contribution in [0.4, 0.5) is 5.69 Å². The summed E-state index contributed by atoms with van der Waals surface area (Å²) in [7, 11) is -1.98. The molecule has 3 rings (SSSR count). The van der Waals surface area contributed by atoms with Gasteiger partial charge in [-0.05, 0) is 43.3 Å². The third-order valence-electron chi connectivity index (χ3n) is 3.86. The summed E-state index contributed by atoms with van der Waals surface area (Å²) >= 11 is 1.76. The zero-order chi connectivity index (χ0) is 16.4. The van der Waals surface area contributed by atoms with Gasteiger partial charge in [-0.2, -0.15) is 11.8 Å². The number of hydrogen-bond donors (Lipinski definition) is 0. The lowest BCUT2D eigenvalue weighted by Gasteiger charge is -2.37. The number of sulfonamides is 1. The van der Waals surface area contributed by atoms with E-state index in [1.54, 1.807) is 59.6 Å². The van der Waals surface area contributed by atoms with Crippen LogP contribution in [-0.4, -0.2) is 33.1 Å². The molecule has 4 nitrogen and oxygen atoms in total. The molecule has 2 aromatic rings. The van der Waals surface area contributed by atoms with Gasteiger partial charge >= 0.3 is 0 Å². The number of anilines is 1. The van der Waals surface area contributed by atoms with Crippen molar-refractivity contribution in [3.05, 3.63) is 54.1 Å². The van der Waals surface area contributed by atoms with E-state index in [9.17, 15) is 8.42 Å². The summed E-state index contributed by atoms with van der Waals surface area (Å²) in [6.07, 6.45) is 0. The van der Waals surface area contributed by atoms with Gasteiger partial charge in [0.2, 0.25) is 0 Å². The molecule has 0 radical (unpaired) electrons. The van der Waals surface area contributed by atoms with Crippen molar-refractivity contribution in [3.63, 3.8) is 0 Å². The highest BCUT2D eigenvalue weighted by Gasteiger charge is 2.35. The first kappa shape index (κ1) is 16.2. The van der Waals surface area contributed by atoms with Crippen LogP contribution in [-0.2, 0) is 10.0 Å². The zero-order valence-electron chi connectivity index (χ0n) is 13.1. The van der Waals surface area contributed by atoms with E-state index in [1.807, 2.05) is 19.1 Å². The number of rotatable bonds is 5. The van der Waals surface area contributed by atoms with Gasteiger partial charge in [0, 0.05) is 11.5 Å². The average molecular weight is 349 g/mol. The van der Waals surface area contributed by atoms with Gasteiger partial charge in [0.15, 0.2) is 0 Å². The Bertz CT molecular complexity index is 766. The van der Waals surface area contributed by atoms with Crippen molar-refractivity contribution >= 4 is 27.5 Å². The summed E-state index contributed by atoms with van der Waals surface area (Å²) in [5.41, 5.74) is 1.72. The third-order valence-corrected chi connectivity index (χ3v) is 6.99. The average Bonchev–Trinajstić information content (AvgIpc) is 2.51. The molecule has 0 N–H and O–H groups in total.